The molecule has 2 heterocycles. The SMILES string of the molecule is Cn1cc(CNc2ccc3[nH]c(=O)n(C)c3c2)c(C(C)(C)C)n1. The third kappa shape index (κ3) is 2.88. The first-order valence-corrected chi connectivity index (χ1v) is 7.71. The predicted molar refractivity (Wildman–Crippen MR) is 92.8 cm³/mol. The van der Waals surface area contributed by atoms with E-state index in [1.165, 1.54) is 5.56 Å². The van der Waals surface area contributed by atoms with Gasteiger partial charge in [-0.25, -0.2) is 4.79 Å². The Hall–Kier alpha value is -2.50. The minimum absolute atomic E-state index is 0.00671. The van der Waals surface area contributed by atoms with Crippen LogP contribution in [0.15, 0.2) is 29.2 Å². The van der Waals surface area contributed by atoms with Crippen LogP contribution in [0.2, 0.25) is 0 Å². The lowest BCUT2D eigenvalue weighted by molar-refractivity contribution is 0.549. The van der Waals surface area contributed by atoms with Gasteiger partial charge in [0.2, 0.25) is 0 Å². The van der Waals surface area contributed by atoms with Crippen LogP contribution in [0.4, 0.5) is 5.69 Å². The summed E-state index contributed by atoms with van der Waals surface area (Å²) < 4.78 is 3.47. The van der Waals surface area contributed by atoms with Gasteiger partial charge in [-0.2, -0.15) is 5.10 Å². The van der Waals surface area contributed by atoms with Crippen molar-refractivity contribution in [1.29, 1.82) is 0 Å². The van der Waals surface area contributed by atoms with Crippen LogP contribution < -0.4 is 11.0 Å². The highest BCUT2D eigenvalue weighted by Gasteiger charge is 2.21. The van der Waals surface area contributed by atoms with Crippen LogP contribution in [0.5, 0.6) is 0 Å². The average Bonchev–Trinajstić information content (AvgIpc) is 2.98. The number of aromatic amines is 1. The Bertz CT molecular complexity index is 907. The Balaban J connectivity index is 1.87. The van der Waals surface area contributed by atoms with Gasteiger partial charge in [0.25, 0.3) is 0 Å². The van der Waals surface area contributed by atoms with Crippen LogP contribution in [0.3, 0.4) is 0 Å². The van der Waals surface area contributed by atoms with Crippen LogP contribution in [-0.4, -0.2) is 19.3 Å². The quantitative estimate of drug-likeness (QED) is 0.781. The van der Waals surface area contributed by atoms with E-state index in [-0.39, 0.29) is 11.1 Å². The molecule has 2 N–H and O–H groups in total. The fourth-order valence-electron chi connectivity index (χ4n) is 2.83. The van der Waals surface area contributed by atoms with Gasteiger partial charge in [-0.05, 0) is 18.2 Å². The molecular weight excluding hydrogens is 290 g/mol. The summed E-state index contributed by atoms with van der Waals surface area (Å²) in [6.45, 7) is 7.20. The molecule has 0 unspecified atom stereocenters. The van der Waals surface area contributed by atoms with Crippen molar-refractivity contribution < 1.29 is 0 Å². The van der Waals surface area contributed by atoms with E-state index in [0.717, 1.165) is 22.4 Å². The average molecular weight is 313 g/mol. The summed E-state index contributed by atoms with van der Waals surface area (Å²) in [4.78, 5) is 14.5. The fourth-order valence-corrected chi connectivity index (χ4v) is 2.83. The molecule has 3 rings (SSSR count). The van der Waals surface area contributed by atoms with E-state index < -0.39 is 0 Å². The molecular formula is C17H23N5O. The van der Waals surface area contributed by atoms with Crippen molar-refractivity contribution in [3.8, 4) is 0 Å². The Morgan fingerprint density at radius 3 is 2.70 bits per heavy atom. The molecule has 0 aliphatic rings. The molecule has 122 valence electrons. The van der Waals surface area contributed by atoms with Crippen LogP contribution in [-0.2, 0) is 26.1 Å². The zero-order valence-electron chi connectivity index (χ0n) is 14.3. The lowest BCUT2D eigenvalue weighted by Crippen LogP contribution is -2.16. The van der Waals surface area contributed by atoms with E-state index >= 15 is 0 Å². The van der Waals surface area contributed by atoms with Crippen molar-refractivity contribution in [3.63, 3.8) is 0 Å². The topological polar surface area (TPSA) is 67.6 Å². The van der Waals surface area contributed by atoms with Crippen LogP contribution in [0.1, 0.15) is 32.0 Å². The number of hydrogen-bond donors (Lipinski definition) is 2. The van der Waals surface area contributed by atoms with E-state index in [1.54, 1.807) is 11.6 Å². The van der Waals surface area contributed by atoms with Crippen LogP contribution >= 0.6 is 0 Å². The van der Waals surface area contributed by atoms with Gasteiger partial charge in [0, 0.05) is 43.5 Å². The Kier molecular flexibility index (Phi) is 3.55. The second-order valence-electron chi connectivity index (χ2n) is 7.00. The Labute approximate surface area is 135 Å². The van der Waals surface area contributed by atoms with Gasteiger partial charge in [-0.3, -0.25) is 9.25 Å². The summed E-state index contributed by atoms with van der Waals surface area (Å²) in [5.41, 5.74) is 4.91. The lowest BCUT2D eigenvalue weighted by Gasteiger charge is -2.18. The number of benzene rings is 1. The Morgan fingerprint density at radius 1 is 1.26 bits per heavy atom. The Morgan fingerprint density at radius 2 is 2.00 bits per heavy atom. The summed E-state index contributed by atoms with van der Waals surface area (Å²) in [5, 5.41) is 8.02. The number of rotatable bonds is 3. The molecule has 0 aliphatic carbocycles. The zero-order chi connectivity index (χ0) is 16.8. The third-order valence-electron chi connectivity index (χ3n) is 4.00. The molecule has 0 fully saturated rings. The summed E-state index contributed by atoms with van der Waals surface area (Å²) in [6.07, 6.45) is 2.05. The number of H-pyrrole nitrogens is 1. The number of hydrogen-bond acceptors (Lipinski definition) is 3. The molecule has 2 aromatic heterocycles. The summed E-state index contributed by atoms with van der Waals surface area (Å²) in [5.74, 6) is 0. The van der Waals surface area contributed by atoms with Gasteiger partial charge >= 0.3 is 5.69 Å². The summed E-state index contributed by atoms with van der Waals surface area (Å²) in [6, 6.07) is 5.89. The molecule has 3 aromatic rings. The maximum absolute atomic E-state index is 11.7. The van der Waals surface area contributed by atoms with Crippen molar-refractivity contribution in [2.45, 2.75) is 32.7 Å². The first-order chi connectivity index (χ1) is 10.8. The normalized spacial score (nSPS) is 12.0. The van der Waals surface area contributed by atoms with Gasteiger partial charge in [-0.1, -0.05) is 20.8 Å². The van der Waals surface area contributed by atoms with Crippen molar-refractivity contribution >= 4 is 16.7 Å². The minimum atomic E-state index is -0.0978. The summed E-state index contributed by atoms with van der Waals surface area (Å²) >= 11 is 0. The highest BCUT2D eigenvalue weighted by Crippen LogP contribution is 2.25. The molecule has 0 saturated heterocycles. The second-order valence-corrected chi connectivity index (χ2v) is 7.00. The number of anilines is 1. The maximum atomic E-state index is 11.7. The number of imidazole rings is 1. The zero-order valence-corrected chi connectivity index (χ0v) is 14.3. The number of aromatic nitrogens is 4. The van der Waals surface area contributed by atoms with Crippen LogP contribution in [0.25, 0.3) is 11.0 Å². The largest absolute Gasteiger partial charge is 0.381 e. The molecule has 0 spiro atoms. The highest BCUT2D eigenvalue weighted by molar-refractivity contribution is 5.79. The van der Waals surface area contributed by atoms with Crippen molar-refractivity contribution in [2.75, 3.05) is 5.32 Å². The smallest absolute Gasteiger partial charge is 0.326 e. The molecule has 0 radical (unpaired) electrons. The molecule has 0 atom stereocenters. The van der Waals surface area contributed by atoms with E-state index in [1.807, 2.05) is 29.9 Å². The molecule has 0 saturated carbocycles. The van der Waals surface area contributed by atoms with Crippen LogP contribution in [0, 0.1) is 0 Å². The standard InChI is InChI=1S/C17H23N5O/c1-17(2,3)15-11(10-21(4)20-15)9-18-12-6-7-13-14(8-12)22(5)16(23)19-13/h6-8,10,18H,9H2,1-5H3,(H,19,23). The van der Waals surface area contributed by atoms with E-state index in [0.29, 0.717) is 6.54 Å². The first kappa shape index (κ1) is 15.4. The number of aryl methyl sites for hydroxylation is 2. The lowest BCUT2D eigenvalue weighted by atomic mass is 9.89. The van der Waals surface area contributed by atoms with Gasteiger partial charge in [0.1, 0.15) is 0 Å². The van der Waals surface area contributed by atoms with E-state index in [2.05, 4.69) is 42.4 Å². The van der Waals surface area contributed by atoms with E-state index in [4.69, 9.17) is 0 Å². The fraction of sp³-hybridized carbons (Fsp3) is 0.412. The highest BCUT2D eigenvalue weighted by atomic mass is 16.1. The molecule has 6 heteroatoms. The molecule has 0 aliphatic heterocycles. The summed E-state index contributed by atoms with van der Waals surface area (Å²) in [7, 11) is 3.71. The predicted octanol–water partition coefficient (Wildman–Crippen LogP) is 2.51. The minimum Gasteiger partial charge on any atom is -0.381 e. The number of nitrogens with zero attached hydrogens (tertiary/aromatic N) is 3. The molecule has 0 bridgehead atoms. The molecule has 0 amide bonds. The number of nitrogens with one attached hydrogen (secondary N) is 2. The van der Waals surface area contributed by atoms with Gasteiger partial charge < -0.3 is 10.3 Å². The van der Waals surface area contributed by atoms with Crippen molar-refractivity contribution in [1.82, 2.24) is 19.3 Å². The molecule has 23 heavy (non-hydrogen) atoms. The van der Waals surface area contributed by atoms with Gasteiger partial charge in [0.15, 0.2) is 0 Å². The maximum Gasteiger partial charge on any atom is 0.326 e. The second kappa shape index (κ2) is 5.30. The number of fused-ring (bicyclic) bond motifs is 1. The van der Waals surface area contributed by atoms with Crippen molar-refractivity contribution in [3.05, 3.63) is 46.1 Å². The van der Waals surface area contributed by atoms with Gasteiger partial charge in [0.05, 0.1) is 16.7 Å². The monoisotopic (exact) mass is 313 g/mol. The van der Waals surface area contributed by atoms with Crippen molar-refractivity contribution in [2.24, 2.45) is 14.1 Å². The van der Waals surface area contributed by atoms with E-state index in [9.17, 15) is 4.79 Å². The third-order valence-corrected chi connectivity index (χ3v) is 4.00. The molecule has 6 nitrogen and oxygen atoms in total. The van der Waals surface area contributed by atoms with Gasteiger partial charge in [-0.15, -0.1) is 0 Å². The molecule has 1 aromatic carbocycles. The first-order valence-electron chi connectivity index (χ1n) is 7.71.